The van der Waals surface area contributed by atoms with Crippen LogP contribution in [0.2, 0.25) is 0 Å². The fourth-order valence-corrected chi connectivity index (χ4v) is 1.42. The maximum Gasteiger partial charge on any atom is 0.277 e. The highest BCUT2D eigenvalue weighted by Gasteiger charge is 2.09. The molecule has 0 unspecified atom stereocenters. The molecule has 6 nitrogen and oxygen atoms in total. The molecule has 0 aliphatic heterocycles. The van der Waals surface area contributed by atoms with Crippen molar-refractivity contribution in [2.45, 2.75) is 6.92 Å². The van der Waals surface area contributed by atoms with Gasteiger partial charge in [0, 0.05) is 5.38 Å². The van der Waals surface area contributed by atoms with Crippen molar-refractivity contribution in [1.29, 1.82) is 0 Å². The first kappa shape index (κ1) is 8.82. The summed E-state index contributed by atoms with van der Waals surface area (Å²) in [6.07, 6.45) is 0. The van der Waals surface area contributed by atoms with E-state index in [1.54, 1.807) is 17.8 Å². The highest BCUT2D eigenvalue weighted by molar-refractivity contribution is 7.07. The Morgan fingerprint density at radius 3 is 3.07 bits per heavy atom. The number of aromatic nitrogens is 4. The van der Waals surface area contributed by atoms with Gasteiger partial charge in [-0.1, -0.05) is 0 Å². The summed E-state index contributed by atoms with van der Waals surface area (Å²) in [6, 6.07) is 0. The molecule has 14 heavy (non-hydrogen) atoms. The second kappa shape index (κ2) is 3.54. The zero-order chi connectivity index (χ0) is 9.97. The van der Waals surface area contributed by atoms with Gasteiger partial charge < -0.3 is 0 Å². The number of amides is 1. The Morgan fingerprint density at radius 1 is 1.64 bits per heavy atom. The number of rotatable bonds is 2. The van der Waals surface area contributed by atoms with E-state index in [-0.39, 0.29) is 11.9 Å². The average Bonchev–Trinajstić information content (AvgIpc) is 2.75. The van der Waals surface area contributed by atoms with Crippen LogP contribution in [0.1, 0.15) is 16.3 Å². The molecule has 0 saturated heterocycles. The van der Waals surface area contributed by atoms with E-state index >= 15 is 0 Å². The summed E-state index contributed by atoms with van der Waals surface area (Å²) in [6.45, 7) is 1.76. The fourth-order valence-electron chi connectivity index (χ4n) is 0.889. The number of nitrogens with zero attached hydrogens (tertiary/aromatic N) is 3. The molecule has 0 saturated carbocycles. The summed E-state index contributed by atoms with van der Waals surface area (Å²) < 4.78 is 0. The third kappa shape index (κ3) is 1.77. The molecular formula is C7H7N5OS. The molecule has 0 aromatic carbocycles. The second-order valence-electron chi connectivity index (χ2n) is 2.57. The zero-order valence-corrected chi connectivity index (χ0v) is 8.13. The summed E-state index contributed by atoms with van der Waals surface area (Å²) >= 11 is 1.36. The van der Waals surface area contributed by atoms with Crippen molar-refractivity contribution in [2.75, 3.05) is 5.32 Å². The SMILES string of the molecule is Cc1nc(NC(=O)c2cscn2)n[nH]1. The number of H-pyrrole nitrogens is 1. The summed E-state index contributed by atoms with van der Waals surface area (Å²) in [7, 11) is 0. The van der Waals surface area contributed by atoms with E-state index in [1.807, 2.05) is 0 Å². The highest BCUT2D eigenvalue weighted by atomic mass is 32.1. The Kier molecular flexibility index (Phi) is 2.23. The number of aromatic amines is 1. The number of carbonyl (C=O) groups is 1. The minimum Gasteiger partial charge on any atom is -0.288 e. The number of hydrogen-bond donors (Lipinski definition) is 2. The molecule has 1 amide bonds. The van der Waals surface area contributed by atoms with Gasteiger partial charge in [-0.2, -0.15) is 4.98 Å². The fraction of sp³-hybridized carbons (Fsp3) is 0.143. The average molecular weight is 209 g/mol. The van der Waals surface area contributed by atoms with Crippen molar-refractivity contribution in [3.05, 3.63) is 22.4 Å². The van der Waals surface area contributed by atoms with Crippen molar-refractivity contribution < 1.29 is 4.79 Å². The van der Waals surface area contributed by atoms with E-state index < -0.39 is 0 Å². The number of thiazole rings is 1. The lowest BCUT2D eigenvalue weighted by Crippen LogP contribution is -2.13. The zero-order valence-electron chi connectivity index (χ0n) is 7.31. The Hall–Kier alpha value is -1.76. The number of anilines is 1. The quantitative estimate of drug-likeness (QED) is 0.767. The van der Waals surface area contributed by atoms with Gasteiger partial charge in [0.2, 0.25) is 5.95 Å². The predicted molar refractivity (Wildman–Crippen MR) is 51.2 cm³/mol. The largest absolute Gasteiger partial charge is 0.288 e. The van der Waals surface area contributed by atoms with Crippen LogP contribution in [0.5, 0.6) is 0 Å². The second-order valence-corrected chi connectivity index (χ2v) is 3.29. The normalized spacial score (nSPS) is 10.1. The number of hydrogen-bond acceptors (Lipinski definition) is 5. The number of nitrogens with one attached hydrogen (secondary N) is 2. The van der Waals surface area contributed by atoms with Crippen LogP contribution in [0.25, 0.3) is 0 Å². The number of aryl methyl sites for hydroxylation is 1. The van der Waals surface area contributed by atoms with E-state index in [2.05, 4.69) is 25.5 Å². The smallest absolute Gasteiger partial charge is 0.277 e. The molecule has 2 aromatic rings. The topological polar surface area (TPSA) is 83.6 Å². The maximum atomic E-state index is 11.4. The standard InChI is InChI=1S/C7H7N5OS/c1-4-9-7(12-11-4)10-6(13)5-2-14-3-8-5/h2-3H,1H3,(H2,9,10,11,12,13). The molecule has 0 aliphatic rings. The molecule has 72 valence electrons. The van der Waals surface area contributed by atoms with Gasteiger partial charge in [0.25, 0.3) is 5.91 Å². The molecule has 0 aliphatic carbocycles. The van der Waals surface area contributed by atoms with E-state index in [0.717, 1.165) is 0 Å². The minimum absolute atomic E-state index is 0.264. The van der Waals surface area contributed by atoms with Crippen molar-refractivity contribution in [1.82, 2.24) is 20.2 Å². The molecule has 2 rings (SSSR count). The molecule has 2 aromatic heterocycles. The van der Waals surface area contributed by atoms with Crippen LogP contribution in [0.4, 0.5) is 5.95 Å². The first-order chi connectivity index (χ1) is 6.75. The van der Waals surface area contributed by atoms with E-state index in [1.165, 1.54) is 11.3 Å². The monoisotopic (exact) mass is 209 g/mol. The maximum absolute atomic E-state index is 11.4. The molecule has 0 radical (unpaired) electrons. The molecule has 0 fully saturated rings. The van der Waals surface area contributed by atoms with E-state index in [0.29, 0.717) is 11.5 Å². The van der Waals surface area contributed by atoms with Crippen LogP contribution in [0, 0.1) is 6.92 Å². The predicted octanol–water partition coefficient (Wildman–Crippen LogP) is 0.822. The third-order valence-electron chi connectivity index (χ3n) is 1.49. The van der Waals surface area contributed by atoms with E-state index in [4.69, 9.17) is 0 Å². The van der Waals surface area contributed by atoms with Crippen LogP contribution < -0.4 is 5.32 Å². The van der Waals surface area contributed by atoms with Crippen LogP contribution in [-0.4, -0.2) is 26.1 Å². The Bertz CT molecular complexity index is 435. The first-order valence-corrected chi connectivity index (χ1v) is 4.78. The summed E-state index contributed by atoms with van der Waals surface area (Å²) in [5.41, 5.74) is 1.97. The molecule has 7 heteroatoms. The number of carbonyl (C=O) groups excluding carboxylic acids is 1. The molecule has 2 heterocycles. The minimum atomic E-state index is -0.301. The van der Waals surface area contributed by atoms with Crippen LogP contribution in [-0.2, 0) is 0 Å². The molecule has 0 spiro atoms. The summed E-state index contributed by atoms with van der Waals surface area (Å²) in [5, 5.41) is 10.6. The molecule has 2 N–H and O–H groups in total. The van der Waals surface area contributed by atoms with Crippen molar-refractivity contribution in [3.8, 4) is 0 Å². The van der Waals surface area contributed by atoms with Crippen molar-refractivity contribution in [2.24, 2.45) is 0 Å². The first-order valence-electron chi connectivity index (χ1n) is 3.84. The Morgan fingerprint density at radius 2 is 2.50 bits per heavy atom. The summed E-state index contributed by atoms with van der Waals surface area (Å²) in [5.74, 6) is 0.615. The highest BCUT2D eigenvalue weighted by Crippen LogP contribution is 2.04. The van der Waals surface area contributed by atoms with Crippen molar-refractivity contribution >= 4 is 23.2 Å². The lowest BCUT2D eigenvalue weighted by Gasteiger charge is -1.94. The van der Waals surface area contributed by atoms with Gasteiger partial charge >= 0.3 is 0 Å². The van der Waals surface area contributed by atoms with Gasteiger partial charge in [-0.25, -0.2) is 4.98 Å². The third-order valence-corrected chi connectivity index (χ3v) is 2.07. The van der Waals surface area contributed by atoms with Crippen LogP contribution in [0.15, 0.2) is 10.9 Å². The molecule has 0 bridgehead atoms. The lowest BCUT2D eigenvalue weighted by molar-refractivity contribution is 0.102. The van der Waals surface area contributed by atoms with Gasteiger partial charge in [-0.15, -0.1) is 16.4 Å². The van der Waals surface area contributed by atoms with Crippen LogP contribution in [0.3, 0.4) is 0 Å². The summed E-state index contributed by atoms with van der Waals surface area (Å²) in [4.78, 5) is 19.2. The Labute approximate surface area is 83.4 Å². The molecule has 0 atom stereocenters. The van der Waals surface area contributed by atoms with Gasteiger partial charge in [0.15, 0.2) is 0 Å². The lowest BCUT2D eigenvalue weighted by atomic mass is 10.5. The van der Waals surface area contributed by atoms with Gasteiger partial charge in [-0.05, 0) is 6.92 Å². The van der Waals surface area contributed by atoms with Crippen molar-refractivity contribution in [3.63, 3.8) is 0 Å². The van der Waals surface area contributed by atoms with Crippen LogP contribution >= 0.6 is 11.3 Å². The van der Waals surface area contributed by atoms with Gasteiger partial charge in [0.1, 0.15) is 11.5 Å². The molecular weight excluding hydrogens is 202 g/mol. The van der Waals surface area contributed by atoms with E-state index in [9.17, 15) is 4.79 Å². The Balaban J connectivity index is 2.09. The van der Waals surface area contributed by atoms with Gasteiger partial charge in [-0.3, -0.25) is 15.2 Å². The van der Waals surface area contributed by atoms with Gasteiger partial charge in [0.05, 0.1) is 5.51 Å².